The van der Waals surface area contributed by atoms with Crippen LogP contribution in [0.4, 0.5) is 0 Å². The van der Waals surface area contributed by atoms with Crippen molar-refractivity contribution in [1.82, 2.24) is 14.9 Å². The van der Waals surface area contributed by atoms with E-state index in [0.717, 1.165) is 11.5 Å². The van der Waals surface area contributed by atoms with Gasteiger partial charge in [-0.1, -0.05) is 27.3 Å². The van der Waals surface area contributed by atoms with Crippen molar-refractivity contribution < 1.29 is 4.79 Å². The average molecular weight is 250 g/mol. The summed E-state index contributed by atoms with van der Waals surface area (Å²) < 4.78 is 3.59. The van der Waals surface area contributed by atoms with E-state index in [0.29, 0.717) is 11.4 Å². The molecule has 4 nitrogen and oxygen atoms in total. The molecule has 66 valence electrons. The predicted molar refractivity (Wildman–Crippen MR) is 50.6 cm³/mol. The molecule has 1 atom stereocenters. The second-order valence-electron chi connectivity index (χ2n) is 2.27. The van der Waals surface area contributed by atoms with Gasteiger partial charge in [0.25, 0.3) is 5.91 Å². The van der Waals surface area contributed by atoms with Gasteiger partial charge < -0.3 is 5.32 Å². The summed E-state index contributed by atoms with van der Waals surface area (Å²) >= 11 is 4.42. The molecule has 1 aromatic rings. The number of alkyl halides is 1. The van der Waals surface area contributed by atoms with Crippen LogP contribution in [0.15, 0.2) is 6.20 Å². The first-order chi connectivity index (χ1) is 5.70. The van der Waals surface area contributed by atoms with Crippen LogP contribution < -0.4 is 5.32 Å². The van der Waals surface area contributed by atoms with Crippen molar-refractivity contribution in [3.05, 3.63) is 11.1 Å². The van der Waals surface area contributed by atoms with Crippen LogP contribution in [0.1, 0.15) is 16.6 Å². The molecule has 6 heteroatoms. The number of hydrogen-bond donors (Lipinski definition) is 1. The Morgan fingerprint density at radius 3 is 3.17 bits per heavy atom. The molecular formula is C6H8BrN3OS. The molecule has 0 bridgehead atoms. The predicted octanol–water partition coefficient (Wildman–Crippen LogP) is 1.05. The Hall–Kier alpha value is -0.490. The minimum Gasteiger partial charge on any atom is -0.350 e. The fourth-order valence-electron chi connectivity index (χ4n) is 0.588. The van der Waals surface area contributed by atoms with Crippen molar-refractivity contribution >= 4 is 33.4 Å². The summed E-state index contributed by atoms with van der Waals surface area (Å²) in [6.45, 7) is 2.57. The molecule has 0 saturated heterocycles. The monoisotopic (exact) mass is 249 g/mol. The van der Waals surface area contributed by atoms with Gasteiger partial charge in [0, 0.05) is 11.4 Å². The maximum Gasteiger partial charge on any atom is 0.264 e. The summed E-state index contributed by atoms with van der Waals surface area (Å²) in [4.78, 5) is 12.0. The van der Waals surface area contributed by atoms with Crippen LogP contribution in [0.3, 0.4) is 0 Å². The Kier molecular flexibility index (Phi) is 3.61. The summed E-state index contributed by atoms with van der Waals surface area (Å²) in [5.41, 5.74) is 0. The molecule has 0 radical (unpaired) electrons. The van der Waals surface area contributed by atoms with Gasteiger partial charge in [-0.15, -0.1) is 5.10 Å². The lowest BCUT2D eigenvalue weighted by atomic mass is 10.4. The number of nitrogens with one attached hydrogen (secondary N) is 1. The van der Waals surface area contributed by atoms with E-state index in [1.807, 2.05) is 6.92 Å². The summed E-state index contributed by atoms with van der Waals surface area (Å²) in [7, 11) is 0. The first kappa shape index (κ1) is 9.60. The number of rotatable bonds is 3. The standard InChI is InChI=1S/C6H8BrN3OS/c1-4(7)2-8-6(11)5-3-9-10-12-5/h3-4H,2H2,1H3,(H,8,11). The summed E-state index contributed by atoms with van der Waals surface area (Å²) in [6, 6.07) is 0. The highest BCUT2D eigenvalue weighted by Crippen LogP contribution is 2.01. The molecule has 0 aliphatic heterocycles. The lowest BCUT2D eigenvalue weighted by Crippen LogP contribution is -2.27. The molecule has 1 unspecified atom stereocenters. The second kappa shape index (κ2) is 4.51. The van der Waals surface area contributed by atoms with Crippen LogP contribution in [0, 0.1) is 0 Å². The normalized spacial score (nSPS) is 12.5. The minimum absolute atomic E-state index is 0.115. The van der Waals surface area contributed by atoms with Gasteiger partial charge in [0.15, 0.2) is 0 Å². The molecule has 12 heavy (non-hydrogen) atoms. The molecule has 1 aromatic heterocycles. The number of amides is 1. The zero-order chi connectivity index (χ0) is 8.97. The van der Waals surface area contributed by atoms with Crippen LogP contribution in [-0.4, -0.2) is 26.9 Å². The van der Waals surface area contributed by atoms with Crippen molar-refractivity contribution in [2.24, 2.45) is 0 Å². The Bertz CT molecular complexity index is 249. The van der Waals surface area contributed by atoms with Gasteiger partial charge in [-0.2, -0.15) is 0 Å². The third-order valence-corrected chi connectivity index (χ3v) is 2.12. The van der Waals surface area contributed by atoms with Crippen molar-refractivity contribution in [1.29, 1.82) is 0 Å². The maximum atomic E-state index is 11.2. The highest BCUT2D eigenvalue weighted by molar-refractivity contribution is 9.09. The molecule has 1 N–H and O–H groups in total. The van der Waals surface area contributed by atoms with E-state index >= 15 is 0 Å². The molecule has 0 aromatic carbocycles. The number of hydrogen-bond acceptors (Lipinski definition) is 4. The van der Waals surface area contributed by atoms with Crippen molar-refractivity contribution in [3.63, 3.8) is 0 Å². The zero-order valence-electron chi connectivity index (χ0n) is 6.45. The lowest BCUT2D eigenvalue weighted by molar-refractivity contribution is 0.0958. The van der Waals surface area contributed by atoms with Crippen molar-refractivity contribution in [2.75, 3.05) is 6.54 Å². The van der Waals surface area contributed by atoms with Gasteiger partial charge in [0.05, 0.1) is 6.20 Å². The van der Waals surface area contributed by atoms with E-state index in [9.17, 15) is 4.79 Å². The molecule has 1 heterocycles. The molecule has 0 spiro atoms. The molecular weight excluding hydrogens is 242 g/mol. The molecule has 0 fully saturated rings. The summed E-state index contributed by atoms with van der Waals surface area (Å²) in [5, 5.41) is 6.30. The number of nitrogens with zero attached hydrogens (tertiary/aromatic N) is 2. The highest BCUT2D eigenvalue weighted by Gasteiger charge is 2.07. The van der Waals surface area contributed by atoms with E-state index in [-0.39, 0.29) is 10.7 Å². The number of carbonyl (C=O) groups excluding carboxylic acids is 1. The second-order valence-corrected chi connectivity index (χ2v) is 4.62. The van der Waals surface area contributed by atoms with E-state index in [1.54, 1.807) is 0 Å². The van der Waals surface area contributed by atoms with Crippen molar-refractivity contribution in [3.8, 4) is 0 Å². The fraction of sp³-hybridized carbons (Fsp3) is 0.500. The van der Waals surface area contributed by atoms with Crippen LogP contribution in [-0.2, 0) is 0 Å². The first-order valence-corrected chi connectivity index (χ1v) is 5.08. The van der Waals surface area contributed by atoms with Gasteiger partial charge in [0.1, 0.15) is 4.88 Å². The molecule has 0 aliphatic rings. The van der Waals surface area contributed by atoms with Gasteiger partial charge in [0.2, 0.25) is 0 Å². The van der Waals surface area contributed by atoms with Crippen LogP contribution in [0.25, 0.3) is 0 Å². The molecule has 1 rings (SSSR count). The Balaban J connectivity index is 2.40. The van der Waals surface area contributed by atoms with E-state index < -0.39 is 0 Å². The van der Waals surface area contributed by atoms with E-state index in [1.165, 1.54) is 6.20 Å². The number of aromatic nitrogens is 2. The third kappa shape index (κ3) is 2.86. The minimum atomic E-state index is -0.115. The molecule has 0 saturated carbocycles. The zero-order valence-corrected chi connectivity index (χ0v) is 8.85. The fourth-order valence-corrected chi connectivity index (χ4v) is 1.18. The van der Waals surface area contributed by atoms with Crippen molar-refractivity contribution in [2.45, 2.75) is 11.8 Å². The largest absolute Gasteiger partial charge is 0.350 e. The lowest BCUT2D eigenvalue weighted by Gasteiger charge is -2.03. The van der Waals surface area contributed by atoms with E-state index in [2.05, 4.69) is 30.8 Å². The number of halogens is 1. The van der Waals surface area contributed by atoms with Crippen LogP contribution in [0.2, 0.25) is 0 Å². The topological polar surface area (TPSA) is 54.9 Å². The SMILES string of the molecule is CC(Br)CNC(=O)c1cnns1. The highest BCUT2D eigenvalue weighted by atomic mass is 79.9. The first-order valence-electron chi connectivity index (χ1n) is 3.40. The molecule has 0 aliphatic carbocycles. The molecule has 1 amide bonds. The van der Waals surface area contributed by atoms with Gasteiger partial charge in [-0.05, 0) is 11.5 Å². The summed E-state index contributed by atoms with van der Waals surface area (Å²) in [5.74, 6) is -0.115. The Morgan fingerprint density at radius 1 is 1.92 bits per heavy atom. The van der Waals surface area contributed by atoms with Gasteiger partial charge in [-0.3, -0.25) is 4.79 Å². The Labute approximate surface area is 82.7 Å². The maximum absolute atomic E-state index is 11.2. The average Bonchev–Trinajstić information content (AvgIpc) is 2.51. The third-order valence-electron chi connectivity index (χ3n) is 1.13. The van der Waals surface area contributed by atoms with Crippen LogP contribution in [0.5, 0.6) is 0 Å². The quantitative estimate of drug-likeness (QED) is 0.816. The van der Waals surface area contributed by atoms with E-state index in [4.69, 9.17) is 0 Å². The Morgan fingerprint density at radius 2 is 2.67 bits per heavy atom. The van der Waals surface area contributed by atoms with Gasteiger partial charge >= 0.3 is 0 Å². The smallest absolute Gasteiger partial charge is 0.264 e. The van der Waals surface area contributed by atoms with Crippen LogP contribution >= 0.6 is 27.5 Å². The summed E-state index contributed by atoms with van der Waals surface area (Å²) in [6.07, 6.45) is 1.46. The number of carbonyl (C=O) groups is 1. The van der Waals surface area contributed by atoms with Gasteiger partial charge in [-0.25, -0.2) is 0 Å².